The molecule has 0 radical (unpaired) electrons. The molecule has 1 aliphatic carbocycles. The summed E-state index contributed by atoms with van der Waals surface area (Å²) in [5, 5.41) is 11.9. The van der Waals surface area contributed by atoms with Crippen LogP contribution < -0.4 is 5.32 Å². The summed E-state index contributed by atoms with van der Waals surface area (Å²) in [6, 6.07) is 15.5. The maximum atomic E-state index is 13.5. The topological polar surface area (TPSA) is 66.4 Å². The Bertz CT molecular complexity index is 899. The second-order valence-electron chi connectivity index (χ2n) is 7.74. The summed E-state index contributed by atoms with van der Waals surface area (Å²) in [5.74, 6) is -0.845. The second-order valence-corrected chi connectivity index (χ2v) is 8.66. The number of carboxylic acid groups (broad SMARTS) is 1. The van der Waals surface area contributed by atoms with Gasteiger partial charge in [0, 0.05) is 16.2 Å². The molecule has 3 rings (SSSR count). The van der Waals surface area contributed by atoms with Crippen molar-refractivity contribution in [2.75, 3.05) is 5.32 Å². The van der Waals surface area contributed by atoms with Crippen molar-refractivity contribution in [2.24, 2.45) is 5.41 Å². The lowest BCUT2D eigenvalue weighted by Crippen LogP contribution is -2.42. The predicted octanol–water partition coefficient (Wildman–Crippen LogP) is 6.24. The van der Waals surface area contributed by atoms with E-state index in [4.69, 9.17) is 5.11 Å². The minimum atomic E-state index is -0.996. The highest BCUT2D eigenvalue weighted by Crippen LogP contribution is 2.48. The number of rotatable bonds is 6. The van der Waals surface area contributed by atoms with E-state index in [0.29, 0.717) is 5.69 Å². The molecule has 5 heteroatoms. The van der Waals surface area contributed by atoms with Crippen LogP contribution in [0.15, 0.2) is 59.1 Å². The highest BCUT2D eigenvalue weighted by Gasteiger charge is 2.44. The molecule has 4 nitrogen and oxygen atoms in total. The van der Waals surface area contributed by atoms with Crippen LogP contribution in [0.25, 0.3) is 6.08 Å². The first-order valence-electron chi connectivity index (χ1n) is 9.99. The van der Waals surface area contributed by atoms with Crippen LogP contribution >= 0.6 is 15.9 Å². The van der Waals surface area contributed by atoms with Crippen molar-refractivity contribution >= 4 is 39.6 Å². The van der Waals surface area contributed by atoms with Gasteiger partial charge in [0.15, 0.2) is 0 Å². The van der Waals surface area contributed by atoms with E-state index in [2.05, 4.69) is 40.3 Å². The summed E-state index contributed by atoms with van der Waals surface area (Å²) in [6.45, 7) is 2.15. The summed E-state index contributed by atoms with van der Waals surface area (Å²) < 4.78 is 1.03. The van der Waals surface area contributed by atoms with E-state index >= 15 is 0 Å². The van der Waals surface area contributed by atoms with E-state index < -0.39 is 11.4 Å². The maximum Gasteiger partial charge on any atom is 0.328 e. The molecule has 0 aromatic heterocycles. The van der Waals surface area contributed by atoms with Crippen molar-refractivity contribution < 1.29 is 14.7 Å². The van der Waals surface area contributed by atoms with Crippen molar-refractivity contribution in [3.8, 4) is 0 Å². The number of benzene rings is 2. The molecule has 2 N–H and O–H groups in total. The van der Waals surface area contributed by atoms with E-state index in [-0.39, 0.29) is 11.8 Å². The van der Waals surface area contributed by atoms with Crippen LogP contribution in [0.2, 0.25) is 0 Å². The molecule has 2 aromatic rings. The third kappa shape index (κ3) is 5.15. The van der Waals surface area contributed by atoms with Crippen molar-refractivity contribution in [3.63, 3.8) is 0 Å². The van der Waals surface area contributed by atoms with Gasteiger partial charge in [-0.1, -0.05) is 66.4 Å². The van der Waals surface area contributed by atoms with Crippen LogP contribution in [0.1, 0.15) is 56.1 Å². The molecule has 1 unspecified atom stereocenters. The van der Waals surface area contributed by atoms with E-state index in [1.807, 2.05) is 30.3 Å². The number of aliphatic carboxylic acids is 1. The highest BCUT2D eigenvalue weighted by atomic mass is 79.9. The Labute approximate surface area is 180 Å². The Morgan fingerprint density at radius 2 is 1.79 bits per heavy atom. The Morgan fingerprint density at radius 1 is 1.10 bits per heavy atom. The SMILES string of the molecule is CC(c1ccc(Br)cc1)C1(C(=O)Nc2cccc(/C=C/C(=O)O)c2)CCCCC1. The van der Waals surface area contributed by atoms with Crippen LogP contribution in [0, 0.1) is 5.41 Å². The average Bonchev–Trinajstić information content (AvgIpc) is 2.73. The third-order valence-electron chi connectivity index (χ3n) is 5.96. The molecule has 0 saturated heterocycles. The van der Waals surface area contributed by atoms with Crippen LogP contribution in [0.4, 0.5) is 5.69 Å². The summed E-state index contributed by atoms with van der Waals surface area (Å²) in [7, 11) is 0. The van der Waals surface area contributed by atoms with E-state index in [9.17, 15) is 9.59 Å². The number of halogens is 1. The number of nitrogens with one attached hydrogen (secondary N) is 1. The molecule has 1 aliphatic rings. The lowest BCUT2D eigenvalue weighted by molar-refractivity contribution is -0.131. The van der Waals surface area contributed by atoms with Crippen LogP contribution in [-0.2, 0) is 9.59 Å². The van der Waals surface area contributed by atoms with Gasteiger partial charge in [-0.3, -0.25) is 4.79 Å². The first kappa shape index (κ1) is 21.3. The van der Waals surface area contributed by atoms with Crippen molar-refractivity contribution in [1.82, 2.24) is 0 Å². The molecule has 152 valence electrons. The first-order valence-corrected chi connectivity index (χ1v) is 10.8. The maximum absolute atomic E-state index is 13.5. The van der Waals surface area contributed by atoms with Crippen molar-refractivity contribution in [2.45, 2.75) is 44.9 Å². The lowest BCUT2D eigenvalue weighted by atomic mass is 9.63. The minimum absolute atomic E-state index is 0.0481. The van der Waals surface area contributed by atoms with E-state index in [1.54, 1.807) is 6.07 Å². The normalized spacial score (nSPS) is 17.0. The molecular weight excluding hydrogens is 430 g/mol. The van der Waals surface area contributed by atoms with Gasteiger partial charge in [-0.05, 0) is 60.2 Å². The van der Waals surface area contributed by atoms with Gasteiger partial charge in [0.2, 0.25) is 5.91 Å². The van der Waals surface area contributed by atoms with Gasteiger partial charge in [0.05, 0.1) is 5.41 Å². The molecule has 0 aliphatic heterocycles. The van der Waals surface area contributed by atoms with Gasteiger partial charge in [0.25, 0.3) is 0 Å². The van der Waals surface area contributed by atoms with Crippen LogP contribution in [0.3, 0.4) is 0 Å². The summed E-state index contributed by atoms with van der Waals surface area (Å²) in [6.07, 6.45) is 7.63. The Kier molecular flexibility index (Phi) is 6.91. The Balaban J connectivity index is 1.85. The molecule has 0 bridgehead atoms. The Hall–Kier alpha value is -2.40. The van der Waals surface area contributed by atoms with Gasteiger partial charge in [-0.15, -0.1) is 0 Å². The average molecular weight is 456 g/mol. The number of hydrogen-bond acceptors (Lipinski definition) is 2. The molecule has 29 heavy (non-hydrogen) atoms. The van der Waals surface area contributed by atoms with Gasteiger partial charge < -0.3 is 10.4 Å². The molecule has 2 aromatic carbocycles. The lowest BCUT2D eigenvalue weighted by Gasteiger charge is -2.41. The molecular formula is C24H26BrNO3. The summed E-state index contributed by atoms with van der Waals surface area (Å²) in [4.78, 5) is 24.3. The number of carboxylic acids is 1. The zero-order chi connectivity index (χ0) is 20.9. The minimum Gasteiger partial charge on any atom is -0.478 e. The molecule has 0 spiro atoms. The molecule has 0 heterocycles. The molecule has 1 fully saturated rings. The molecule has 1 amide bonds. The first-order chi connectivity index (χ1) is 13.9. The van der Waals surface area contributed by atoms with Gasteiger partial charge >= 0.3 is 5.97 Å². The second kappa shape index (κ2) is 9.40. The van der Waals surface area contributed by atoms with Crippen LogP contribution in [-0.4, -0.2) is 17.0 Å². The number of hydrogen-bond donors (Lipinski definition) is 2. The van der Waals surface area contributed by atoms with Gasteiger partial charge in [-0.2, -0.15) is 0 Å². The van der Waals surface area contributed by atoms with Gasteiger partial charge in [-0.25, -0.2) is 4.79 Å². The zero-order valence-corrected chi connectivity index (χ0v) is 18.1. The Morgan fingerprint density at radius 3 is 2.45 bits per heavy atom. The standard InChI is InChI=1S/C24H26BrNO3/c1-17(19-9-11-20(25)12-10-19)24(14-3-2-4-15-24)23(29)26-21-7-5-6-18(16-21)8-13-22(27)28/h5-13,16-17H,2-4,14-15H2,1H3,(H,26,29)(H,27,28)/b13-8+. The fourth-order valence-electron chi connectivity index (χ4n) is 4.25. The van der Waals surface area contributed by atoms with E-state index in [0.717, 1.165) is 48.2 Å². The monoisotopic (exact) mass is 455 g/mol. The summed E-state index contributed by atoms with van der Waals surface area (Å²) >= 11 is 3.48. The number of anilines is 1. The number of carbonyl (C=O) groups is 2. The fourth-order valence-corrected chi connectivity index (χ4v) is 4.52. The molecule has 1 atom stereocenters. The largest absolute Gasteiger partial charge is 0.478 e. The zero-order valence-electron chi connectivity index (χ0n) is 16.5. The third-order valence-corrected chi connectivity index (χ3v) is 6.49. The fraction of sp³-hybridized carbons (Fsp3) is 0.333. The van der Waals surface area contributed by atoms with Crippen molar-refractivity contribution in [3.05, 3.63) is 70.2 Å². The highest BCUT2D eigenvalue weighted by molar-refractivity contribution is 9.10. The molecule has 1 saturated carbocycles. The van der Waals surface area contributed by atoms with Crippen molar-refractivity contribution in [1.29, 1.82) is 0 Å². The quantitative estimate of drug-likeness (QED) is 0.506. The number of amides is 1. The number of carbonyl (C=O) groups excluding carboxylic acids is 1. The summed E-state index contributed by atoms with van der Waals surface area (Å²) in [5.41, 5.74) is 2.15. The van der Waals surface area contributed by atoms with E-state index in [1.165, 1.54) is 11.6 Å². The smallest absolute Gasteiger partial charge is 0.328 e. The van der Waals surface area contributed by atoms with Gasteiger partial charge in [0.1, 0.15) is 0 Å². The predicted molar refractivity (Wildman–Crippen MR) is 120 cm³/mol. The van der Waals surface area contributed by atoms with Crippen LogP contribution in [0.5, 0.6) is 0 Å².